The highest BCUT2D eigenvalue weighted by Gasteiger charge is 2.14. The summed E-state index contributed by atoms with van der Waals surface area (Å²) in [6.07, 6.45) is 1.84. The normalized spacial score (nSPS) is 11.2. The molecule has 1 aromatic heterocycles. The minimum atomic E-state index is -3.64. The molecule has 0 aliphatic rings. The molecule has 118 valence electrons. The van der Waals surface area contributed by atoms with Gasteiger partial charge in [-0.1, -0.05) is 26.0 Å². The average Bonchev–Trinajstić information content (AvgIpc) is 2.54. The summed E-state index contributed by atoms with van der Waals surface area (Å²) in [5, 5.41) is 10.9. The standard InChI is InChI=1S/C15H20N4O2S/c1-3-11-16-14-9-10-15(18-17-14)19-22(20,21)13-7-5-12(4-2)6-8-13/h5-10H,3-4,11H2,1-2H3,(H,16,17)(H,18,19). The van der Waals surface area contributed by atoms with Crippen molar-refractivity contribution in [2.24, 2.45) is 0 Å². The quantitative estimate of drug-likeness (QED) is 0.819. The number of benzene rings is 1. The number of hydrogen-bond acceptors (Lipinski definition) is 5. The first-order chi connectivity index (χ1) is 10.5. The fourth-order valence-electron chi connectivity index (χ4n) is 1.83. The third-order valence-electron chi connectivity index (χ3n) is 3.10. The van der Waals surface area contributed by atoms with Crippen LogP contribution in [0.15, 0.2) is 41.3 Å². The van der Waals surface area contributed by atoms with Gasteiger partial charge in [0.2, 0.25) is 0 Å². The second-order valence-electron chi connectivity index (χ2n) is 4.83. The molecular weight excluding hydrogens is 300 g/mol. The molecule has 0 aliphatic heterocycles. The van der Waals surface area contributed by atoms with Gasteiger partial charge in [-0.3, -0.25) is 4.72 Å². The summed E-state index contributed by atoms with van der Waals surface area (Å²) < 4.78 is 27.0. The first kappa shape index (κ1) is 16.2. The molecule has 0 saturated carbocycles. The predicted molar refractivity (Wildman–Crippen MR) is 87.4 cm³/mol. The number of anilines is 2. The van der Waals surface area contributed by atoms with Gasteiger partial charge in [0.05, 0.1) is 4.90 Å². The van der Waals surface area contributed by atoms with E-state index < -0.39 is 10.0 Å². The van der Waals surface area contributed by atoms with Gasteiger partial charge in [0.1, 0.15) is 5.82 Å². The highest BCUT2D eigenvalue weighted by Crippen LogP contribution is 2.15. The second-order valence-corrected chi connectivity index (χ2v) is 6.52. The third kappa shape index (κ3) is 4.17. The van der Waals surface area contributed by atoms with Crippen molar-refractivity contribution in [2.45, 2.75) is 31.6 Å². The van der Waals surface area contributed by atoms with Crippen LogP contribution < -0.4 is 10.0 Å². The number of nitrogens with one attached hydrogen (secondary N) is 2. The third-order valence-corrected chi connectivity index (χ3v) is 4.47. The number of rotatable bonds is 7. The summed E-state index contributed by atoms with van der Waals surface area (Å²) in [4.78, 5) is 0.208. The summed E-state index contributed by atoms with van der Waals surface area (Å²) >= 11 is 0. The molecule has 0 fully saturated rings. The van der Waals surface area contributed by atoms with Crippen LogP contribution in [0.3, 0.4) is 0 Å². The van der Waals surface area contributed by atoms with Crippen LogP contribution in [0.25, 0.3) is 0 Å². The fourth-order valence-corrected chi connectivity index (χ4v) is 2.83. The maximum atomic E-state index is 12.3. The van der Waals surface area contributed by atoms with Crippen molar-refractivity contribution in [3.63, 3.8) is 0 Å². The molecule has 6 nitrogen and oxygen atoms in total. The van der Waals surface area contributed by atoms with Crippen LogP contribution in [0, 0.1) is 0 Å². The molecule has 2 rings (SSSR count). The van der Waals surface area contributed by atoms with E-state index in [1.54, 1.807) is 36.4 Å². The lowest BCUT2D eigenvalue weighted by atomic mass is 10.2. The van der Waals surface area contributed by atoms with E-state index in [9.17, 15) is 8.42 Å². The van der Waals surface area contributed by atoms with Gasteiger partial charge in [0.25, 0.3) is 10.0 Å². The Hall–Kier alpha value is -2.15. The van der Waals surface area contributed by atoms with E-state index in [0.717, 1.165) is 24.9 Å². The maximum Gasteiger partial charge on any atom is 0.263 e. The predicted octanol–water partition coefficient (Wildman–Crippen LogP) is 2.66. The second kappa shape index (κ2) is 7.22. The molecule has 22 heavy (non-hydrogen) atoms. The highest BCUT2D eigenvalue weighted by atomic mass is 32.2. The van der Waals surface area contributed by atoms with Gasteiger partial charge in [-0.05, 0) is 42.7 Å². The van der Waals surface area contributed by atoms with Crippen molar-refractivity contribution in [3.05, 3.63) is 42.0 Å². The van der Waals surface area contributed by atoms with Gasteiger partial charge in [0, 0.05) is 6.54 Å². The molecule has 1 heterocycles. The Morgan fingerprint density at radius 3 is 2.14 bits per heavy atom. The van der Waals surface area contributed by atoms with Crippen LogP contribution in [0.5, 0.6) is 0 Å². The topological polar surface area (TPSA) is 84.0 Å². The van der Waals surface area contributed by atoms with Gasteiger partial charge >= 0.3 is 0 Å². The summed E-state index contributed by atoms with van der Waals surface area (Å²) in [7, 11) is -3.64. The fraction of sp³-hybridized carbons (Fsp3) is 0.333. The number of sulfonamides is 1. The Labute approximate surface area is 131 Å². The Morgan fingerprint density at radius 2 is 1.59 bits per heavy atom. The van der Waals surface area contributed by atoms with E-state index in [2.05, 4.69) is 20.2 Å². The van der Waals surface area contributed by atoms with E-state index >= 15 is 0 Å². The zero-order valence-corrected chi connectivity index (χ0v) is 13.5. The number of aryl methyl sites for hydroxylation is 1. The lowest BCUT2D eigenvalue weighted by Gasteiger charge is -2.08. The Kier molecular flexibility index (Phi) is 5.32. The maximum absolute atomic E-state index is 12.3. The van der Waals surface area contributed by atoms with Gasteiger partial charge < -0.3 is 5.32 Å². The van der Waals surface area contributed by atoms with E-state index in [1.807, 2.05) is 13.8 Å². The molecule has 1 aromatic carbocycles. The Bertz CT molecular complexity index is 697. The summed E-state index contributed by atoms with van der Waals surface area (Å²) in [6, 6.07) is 10.1. The molecule has 0 atom stereocenters. The van der Waals surface area contributed by atoms with Crippen molar-refractivity contribution in [2.75, 3.05) is 16.6 Å². The van der Waals surface area contributed by atoms with E-state index in [4.69, 9.17) is 0 Å². The molecule has 0 spiro atoms. The minimum Gasteiger partial charge on any atom is -0.369 e. The van der Waals surface area contributed by atoms with Gasteiger partial charge in [-0.25, -0.2) is 8.42 Å². The first-order valence-electron chi connectivity index (χ1n) is 7.24. The zero-order valence-electron chi connectivity index (χ0n) is 12.7. The molecule has 0 saturated heterocycles. The molecule has 0 unspecified atom stereocenters. The Balaban J connectivity index is 2.10. The van der Waals surface area contributed by atoms with Crippen molar-refractivity contribution in [1.29, 1.82) is 0 Å². The van der Waals surface area contributed by atoms with E-state index in [1.165, 1.54) is 0 Å². The molecule has 2 N–H and O–H groups in total. The van der Waals surface area contributed by atoms with Gasteiger partial charge in [-0.15, -0.1) is 10.2 Å². The molecule has 0 radical (unpaired) electrons. The zero-order chi connectivity index (χ0) is 16.0. The van der Waals surface area contributed by atoms with Crippen LogP contribution in [0.1, 0.15) is 25.8 Å². The van der Waals surface area contributed by atoms with Crippen LogP contribution in [0.4, 0.5) is 11.6 Å². The highest BCUT2D eigenvalue weighted by molar-refractivity contribution is 7.92. The van der Waals surface area contributed by atoms with Crippen molar-refractivity contribution in [1.82, 2.24) is 10.2 Å². The van der Waals surface area contributed by atoms with Crippen LogP contribution in [0.2, 0.25) is 0 Å². The molecule has 0 bridgehead atoms. The van der Waals surface area contributed by atoms with Crippen molar-refractivity contribution < 1.29 is 8.42 Å². The Morgan fingerprint density at radius 1 is 0.955 bits per heavy atom. The van der Waals surface area contributed by atoms with Gasteiger partial charge in [0.15, 0.2) is 5.82 Å². The molecule has 0 aliphatic carbocycles. The summed E-state index contributed by atoms with van der Waals surface area (Å²) in [6.45, 7) is 4.86. The average molecular weight is 320 g/mol. The minimum absolute atomic E-state index is 0.196. The smallest absolute Gasteiger partial charge is 0.263 e. The molecule has 7 heteroatoms. The lowest BCUT2D eigenvalue weighted by molar-refractivity contribution is 0.601. The first-order valence-corrected chi connectivity index (χ1v) is 8.73. The number of nitrogens with zero attached hydrogens (tertiary/aromatic N) is 2. The number of aromatic nitrogens is 2. The van der Waals surface area contributed by atoms with Crippen molar-refractivity contribution in [3.8, 4) is 0 Å². The van der Waals surface area contributed by atoms with Gasteiger partial charge in [-0.2, -0.15) is 0 Å². The molecule has 0 amide bonds. The molecular formula is C15H20N4O2S. The van der Waals surface area contributed by atoms with Crippen LogP contribution in [-0.4, -0.2) is 25.2 Å². The van der Waals surface area contributed by atoms with Crippen LogP contribution >= 0.6 is 0 Å². The SMILES string of the molecule is CCCNc1ccc(NS(=O)(=O)c2ccc(CC)cc2)nn1. The van der Waals surface area contributed by atoms with E-state index in [-0.39, 0.29) is 10.7 Å². The van der Waals surface area contributed by atoms with Crippen LogP contribution in [-0.2, 0) is 16.4 Å². The summed E-state index contributed by atoms with van der Waals surface area (Å²) in [5.41, 5.74) is 1.09. The summed E-state index contributed by atoms with van der Waals surface area (Å²) in [5.74, 6) is 0.818. The number of hydrogen-bond donors (Lipinski definition) is 2. The largest absolute Gasteiger partial charge is 0.369 e. The lowest BCUT2D eigenvalue weighted by Crippen LogP contribution is -2.14. The monoisotopic (exact) mass is 320 g/mol. The van der Waals surface area contributed by atoms with Crippen molar-refractivity contribution >= 4 is 21.7 Å². The molecule has 2 aromatic rings. The van der Waals surface area contributed by atoms with E-state index in [0.29, 0.717) is 5.82 Å².